The minimum Gasteiger partial charge on any atom is -0.322 e. The van der Waals surface area contributed by atoms with Crippen LogP contribution in [0.5, 0.6) is 0 Å². The van der Waals surface area contributed by atoms with Crippen molar-refractivity contribution in [3.8, 4) is 0 Å². The van der Waals surface area contributed by atoms with Gasteiger partial charge >= 0.3 is 0 Å². The van der Waals surface area contributed by atoms with Crippen LogP contribution in [0.2, 0.25) is 0 Å². The Morgan fingerprint density at radius 1 is 1.26 bits per heavy atom. The van der Waals surface area contributed by atoms with E-state index in [1.807, 2.05) is 42.8 Å². The summed E-state index contributed by atoms with van der Waals surface area (Å²) in [4.78, 5) is 16.9. The number of rotatable bonds is 4. The zero-order valence-electron chi connectivity index (χ0n) is 14.8. The molecule has 8 heteroatoms. The molecule has 136 valence electrons. The molecule has 0 spiro atoms. The van der Waals surface area contributed by atoms with E-state index in [0.717, 1.165) is 21.4 Å². The van der Waals surface area contributed by atoms with Gasteiger partial charge in [-0.1, -0.05) is 12.1 Å². The smallest absolute Gasteiger partial charge is 0.261 e. The summed E-state index contributed by atoms with van der Waals surface area (Å²) in [6.45, 7) is 4.61. The van der Waals surface area contributed by atoms with Gasteiger partial charge in [-0.15, -0.1) is 0 Å². The predicted octanol–water partition coefficient (Wildman–Crippen LogP) is 3.61. The molecule has 3 aromatic heterocycles. The van der Waals surface area contributed by atoms with Crippen LogP contribution in [0.25, 0.3) is 5.65 Å². The van der Waals surface area contributed by atoms with Crippen LogP contribution in [0.15, 0.2) is 53.4 Å². The van der Waals surface area contributed by atoms with Crippen LogP contribution in [-0.4, -0.2) is 30.3 Å². The maximum absolute atomic E-state index is 12.6. The highest BCUT2D eigenvalue weighted by molar-refractivity contribution is 9.10. The second kappa shape index (κ2) is 6.96. The molecule has 0 unspecified atom stereocenters. The Morgan fingerprint density at radius 3 is 2.89 bits per heavy atom. The number of carbonyl (C=O) groups excluding carboxylic acids is 1. The van der Waals surface area contributed by atoms with Crippen LogP contribution in [-0.2, 0) is 6.54 Å². The quantitative estimate of drug-likeness (QED) is 0.542. The summed E-state index contributed by atoms with van der Waals surface area (Å²) in [7, 11) is 0. The van der Waals surface area contributed by atoms with Gasteiger partial charge in [-0.25, -0.2) is 9.50 Å². The Labute approximate surface area is 164 Å². The summed E-state index contributed by atoms with van der Waals surface area (Å²) in [5, 5.41) is 11.6. The minimum atomic E-state index is -0.241. The Hall–Kier alpha value is -3.00. The fourth-order valence-corrected chi connectivity index (χ4v) is 3.22. The predicted molar refractivity (Wildman–Crippen MR) is 106 cm³/mol. The molecule has 4 aromatic rings. The second-order valence-corrected chi connectivity index (χ2v) is 7.04. The van der Waals surface area contributed by atoms with E-state index in [1.165, 1.54) is 6.20 Å². The van der Waals surface area contributed by atoms with Crippen LogP contribution in [0.4, 0.5) is 5.69 Å². The topological polar surface area (TPSA) is 77.1 Å². The molecule has 0 fully saturated rings. The van der Waals surface area contributed by atoms with E-state index in [4.69, 9.17) is 0 Å². The molecule has 0 atom stereocenters. The molecule has 0 radical (unpaired) electrons. The summed E-state index contributed by atoms with van der Waals surface area (Å²) < 4.78 is 4.54. The fourth-order valence-electron chi connectivity index (χ4n) is 2.94. The Morgan fingerprint density at radius 2 is 2.11 bits per heavy atom. The van der Waals surface area contributed by atoms with Crippen LogP contribution in [0.1, 0.15) is 27.3 Å². The van der Waals surface area contributed by atoms with Crippen LogP contribution < -0.4 is 5.32 Å². The average molecular weight is 425 g/mol. The first kappa shape index (κ1) is 17.4. The van der Waals surface area contributed by atoms with E-state index in [-0.39, 0.29) is 5.91 Å². The van der Waals surface area contributed by atoms with Gasteiger partial charge in [0.05, 0.1) is 28.6 Å². The number of nitrogens with one attached hydrogen (secondary N) is 1. The van der Waals surface area contributed by atoms with Crippen LogP contribution in [0, 0.1) is 13.8 Å². The largest absolute Gasteiger partial charge is 0.322 e. The van der Waals surface area contributed by atoms with Gasteiger partial charge in [-0.2, -0.15) is 10.2 Å². The zero-order chi connectivity index (χ0) is 19.0. The molecule has 3 heterocycles. The highest BCUT2D eigenvalue weighted by Crippen LogP contribution is 2.21. The number of amides is 1. The number of aromatic nitrogens is 5. The van der Waals surface area contributed by atoms with Crippen LogP contribution >= 0.6 is 15.9 Å². The lowest BCUT2D eigenvalue weighted by Gasteiger charge is -2.08. The maximum atomic E-state index is 12.6. The number of aryl methyl sites for hydroxylation is 1. The molecule has 27 heavy (non-hydrogen) atoms. The number of nitrogens with zero attached hydrogens (tertiary/aromatic N) is 5. The monoisotopic (exact) mass is 424 g/mol. The molecular formula is C19H17BrN6O. The van der Waals surface area contributed by atoms with Crippen LogP contribution in [0.3, 0.4) is 0 Å². The molecule has 0 aliphatic heterocycles. The summed E-state index contributed by atoms with van der Waals surface area (Å²) in [6.07, 6.45) is 4.92. The van der Waals surface area contributed by atoms with Gasteiger partial charge in [0.15, 0.2) is 5.65 Å². The van der Waals surface area contributed by atoms with Crippen molar-refractivity contribution >= 4 is 33.2 Å². The van der Waals surface area contributed by atoms with Crippen molar-refractivity contribution in [1.29, 1.82) is 0 Å². The molecule has 0 saturated heterocycles. The molecular weight excluding hydrogens is 408 g/mol. The minimum absolute atomic E-state index is 0.241. The highest BCUT2D eigenvalue weighted by Gasteiger charge is 2.14. The highest BCUT2D eigenvalue weighted by atomic mass is 79.9. The fraction of sp³-hybridized carbons (Fsp3) is 0.158. The number of hydrogen-bond acceptors (Lipinski definition) is 4. The Balaban J connectivity index is 1.55. The standard InChI is InChI=1S/C19H17BrN6O/c1-12-17(20)13(2)26(24-12)11-14-5-3-6-15(9-14)23-19(27)16-10-22-25-8-4-7-21-18(16)25/h3-10H,11H2,1-2H3,(H,23,27). The number of anilines is 1. The molecule has 1 aromatic carbocycles. The number of benzene rings is 1. The Bertz CT molecular complexity index is 1150. The lowest BCUT2D eigenvalue weighted by molar-refractivity contribution is 0.102. The zero-order valence-corrected chi connectivity index (χ0v) is 16.4. The number of hydrogen-bond donors (Lipinski definition) is 1. The van der Waals surface area contributed by atoms with E-state index in [1.54, 1.807) is 23.0 Å². The Kier molecular flexibility index (Phi) is 4.49. The van der Waals surface area contributed by atoms with Crippen molar-refractivity contribution in [2.75, 3.05) is 5.32 Å². The third-order valence-electron chi connectivity index (χ3n) is 4.33. The number of fused-ring (bicyclic) bond motifs is 1. The number of halogens is 1. The van der Waals surface area contributed by atoms with Gasteiger partial charge in [0.25, 0.3) is 5.91 Å². The first-order valence-electron chi connectivity index (χ1n) is 8.41. The van der Waals surface area contributed by atoms with Gasteiger partial charge in [0.1, 0.15) is 5.56 Å². The van der Waals surface area contributed by atoms with Crippen molar-refractivity contribution in [1.82, 2.24) is 24.4 Å². The van der Waals surface area contributed by atoms with Gasteiger partial charge < -0.3 is 5.32 Å². The molecule has 7 nitrogen and oxygen atoms in total. The third-order valence-corrected chi connectivity index (χ3v) is 5.48. The molecule has 0 saturated carbocycles. The average Bonchev–Trinajstić information content (AvgIpc) is 3.19. The number of carbonyl (C=O) groups is 1. The van der Waals surface area contributed by atoms with Crippen molar-refractivity contribution in [2.45, 2.75) is 20.4 Å². The SMILES string of the molecule is Cc1nn(Cc2cccc(NC(=O)c3cnn4cccnc34)c2)c(C)c1Br. The lowest BCUT2D eigenvalue weighted by Crippen LogP contribution is -2.12. The summed E-state index contributed by atoms with van der Waals surface area (Å²) in [6, 6.07) is 9.50. The lowest BCUT2D eigenvalue weighted by atomic mass is 10.2. The summed E-state index contributed by atoms with van der Waals surface area (Å²) in [5.41, 5.74) is 4.75. The molecule has 0 bridgehead atoms. The molecule has 0 aliphatic carbocycles. The van der Waals surface area contributed by atoms with E-state index in [0.29, 0.717) is 23.4 Å². The van der Waals surface area contributed by atoms with Crippen molar-refractivity contribution in [2.24, 2.45) is 0 Å². The van der Waals surface area contributed by atoms with Crippen molar-refractivity contribution < 1.29 is 4.79 Å². The van der Waals surface area contributed by atoms with Gasteiger partial charge in [-0.3, -0.25) is 9.48 Å². The van der Waals surface area contributed by atoms with E-state index >= 15 is 0 Å². The normalized spacial score (nSPS) is 11.1. The second-order valence-electron chi connectivity index (χ2n) is 6.24. The van der Waals surface area contributed by atoms with Crippen molar-refractivity contribution in [3.05, 3.63) is 75.9 Å². The summed E-state index contributed by atoms with van der Waals surface area (Å²) >= 11 is 3.55. The van der Waals surface area contributed by atoms with Gasteiger partial charge in [0.2, 0.25) is 0 Å². The molecule has 0 aliphatic rings. The first-order valence-corrected chi connectivity index (χ1v) is 9.20. The van der Waals surface area contributed by atoms with Crippen molar-refractivity contribution in [3.63, 3.8) is 0 Å². The van der Waals surface area contributed by atoms with E-state index in [2.05, 4.69) is 36.4 Å². The maximum Gasteiger partial charge on any atom is 0.261 e. The third kappa shape index (κ3) is 3.35. The molecule has 1 amide bonds. The summed E-state index contributed by atoms with van der Waals surface area (Å²) in [5.74, 6) is -0.241. The van der Waals surface area contributed by atoms with E-state index < -0.39 is 0 Å². The first-order chi connectivity index (χ1) is 13.0. The van der Waals surface area contributed by atoms with Gasteiger partial charge in [-0.05, 0) is 53.5 Å². The van der Waals surface area contributed by atoms with E-state index in [9.17, 15) is 4.79 Å². The van der Waals surface area contributed by atoms with Gasteiger partial charge in [0, 0.05) is 18.1 Å². The molecule has 1 N–H and O–H groups in total. The molecule has 4 rings (SSSR count).